The van der Waals surface area contributed by atoms with Crippen LogP contribution in [0.2, 0.25) is 0 Å². The summed E-state index contributed by atoms with van der Waals surface area (Å²) in [5, 5.41) is 2.58. The van der Waals surface area contributed by atoms with Crippen molar-refractivity contribution in [2.24, 2.45) is 5.73 Å². The zero-order valence-electron chi connectivity index (χ0n) is 9.38. The van der Waals surface area contributed by atoms with Crippen molar-refractivity contribution in [3.8, 4) is 0 Å². The van der Waals surface area contributed by atoms with Gasteiger partial charge in [0.05, 0.1) is 16.1 Å². The summed E-state index contributed by atoms with van der Waals surface area (Å²) in [7, 11) is 0. The van der Waals surface area contributed by atoms with E-state index in [9.17, 15) is 9.18 Å². The highest BCUT2D eigenvalue weighted by Gasteiger charge is 2.26. The zero-order valence-corrected chi connectivity index (χ0v) is 11.8. The van der Waals surface area contributed by atoms with Crippen molar-refractivity contribution >= 4 is 39.0 Å². The number of rotatable bonds is 3. The van der Waals surface area contributed by atoms with Gasteiger partial charge in [-0.15, -0.1) is 0 Å². The molecule has 0 atom stereocenters. The molecule has 0 heterocycles. The van der Waals surface area contributed by atoms with Gasteiger partial charge in [0.1, 0.15) is 5.82 Å². The third-order valence-electron chi connectivity index (χ3n) is 2.23. The first-order valence-electron chi connectivity index (χ1n) is 4.82. The number of hydrogen-bond donors (Lipinski definition) is 2. The summed E-state index contributed by atoms with van der Waals surface area (Å²) >= 11 is 7.95. The third-order valence-corrected chi connectivity index (χ3v) is 3.40. The van der Waals surface area contributed by atoms with Gasteiger partial charge >= 0.3 is 0 Å². The first-order chi connectivity index (χ1) is 7.75. The molecule has 0 unspecified atom stereocenters. The molecule has 0 bridgehead atoms. The van der Waals surface area contributed by atoms with Gasteiger partial charge in [0, 0.05) is 4.47 Å². The van der Waals surface area contributed by atoms with Crippen LogP contribution in [0.15, 0.2) is 22.7 Å². The maximum Gasteiger partial charge on any atom is 0.256 e. The van der Waals surface area contributed by atoms with Crippen molar-refractivity contribution in [2.45, 2.75) is 19.4 Å². The second kappa shape index (κ2) is 5.10. The molecule has 92 valence electrons. The molecule has 0 fully saturated rings. The number of nitrogens with one attached hydrogen (secondary N) is 1. The molecule has 1 aromatic rings. The summed E-state index contributed by atoms with van der Waals surface area (Å²) in [5.74, 6) is -1.16. The fourth-order valence-corrected chi connectivity index (χ4v) is 1.70. The number of benzene rings is 1. The third kappa shape index (κ3) is 3.23. The van der Waals surface area contributed by atoms with Gasteiger partial charge in [0.15, 0.2) is 0 Å². The van der Waals surface area contributed by atoms with Crippen LogP contribution in [0.25, 0.3) is 0 Å². The number of nitrogens with two attached hydrogens (primary N) is 1. The number of halogens is 2. The van der Waals surface area contributed by atoms with Gasteiger partial charge in [-0.1, -0.05) is 18.3 Å². The van der Waals surface area contributed by atoms with Crippen LogP contribution < -0.4 is 11.1 Å². The van der Waals surface area contributed by atoms with E-state index in [1.165, 1.54) is 12.1 Å². The molecule has 0 spiro atoms. The molecule has 0 aliphatic rings. The molecule has 1 amide bonds. The lowest BCUT2D eigenvalue weighted by Crippen LogP contribution is -2.52. The quantitative estimate of drug-likeness (QED) is 0.841. The molecule has 6 heteroatoms. The molecule has 0 radical (unpaired) electrons. The maximum atomic E-state index is 13.5. The molecule has 0 saturated carbocycles. The van der Waals surface area contributed by atoms with Crippen LogP contribution in [-0.2, 0) is 0 Å². The fourth-order valence-electron chi connectivity index (χ4n) is 1.12. The van der Waals surface area contributed by atoms with E-state index in [1.54, 1.807) is 19.9 Å². The Kier molecular flexibility index (Phi) is 4.21. The largest absolute Gasteiger partial charge is 0.391 e. The Morgan fingerprint density at radius 2 is 2.12 bits per heavy atom. The molecule has 0 aliphatic heterocycles. The Balaban J connectivity index is 3.03. The summed E-state index contributed by atoms with van der Waals surface area (Å²) in [6, 6.07) is 4.31. The van der Waals surface area contributed by atoms with Crippen molar-refractivity contribution in [3.63, 3.8) is 0 Å². The van der Waals surface area contributed by atoms with Crippen molar-refractivity contribution in [3.05, 3.63) is 34.1 Å². The lowest BCUT2D eigenvalue weighted by Gasteiger charge is -2.25. The van der Waals surface area contributed by atoms with E-state index >= 15 is 0 Å². The predicted molar refractivity (Wildman–Crippen MR) is 72.4 cm³/mol. The SMILES string of the molecule is CC(C)(NC(=O)c1c(F)cccc1Br)C(N)=S. The van der Waals surface area contributed by atoms with Gasteiger partial charge in [-0.05, 0) is 41.9 Å². The van der Waals surface area contributed by atoms with Crippen LogP contribution in [0, 0.1) is 5.82 Å². The molecule has 3 nitrogen and oxygen atoms in total. The average molecular weight is 319 g/mol. The Labute approximate surface area is 113 Å². The van der Waals surface area contributed by atoms with Gasteiger partial charge in [0.2, 0.25) is 0 Å². The highest BCUT2D eigenvalue weighted by Crippen LogP contribution is 2.20. The molecule has 0 aliphatic carbocycles. The number of carbonyl (C=O) groups excluding carboxylic acids is 1. The first-order valence-corrected chi connectivity index (χ1v) is 6.02. The van der Waals surface area contributed by atoms with Gasteiger partial charge in [-0.3, -0.25) is 4.79 Å². The van der Waals surface area contributed by atoms with E-state index < -0.39 is 17.3 Å². The summed E-state index contributed by atoms with van der Waals surface area (Å²) in [6.07, 6.45) is 0. The minimum Gasteiger partial charge on any atom is -0.391 e. The van der Waals surface area contributed by atoms with E-state index in [1.807, 2.05) is 0 Å². The number of thiocarbonyl (C=S) groups is 1. The summed E-state index contributed by atoms with van der Waals surface area (Å²) in [5.41, 5.74) is 4.56. The van der Waals surface area contributed by atoms with Crippen molar-refractivity contribution < 1.29 is 9.18 Å². The molecule has 0 aromatic heterocycles. The van der Waals surface area contributed by atoms with E-state index in [-0.39, 0.29) is 10.6 Å². The smallest absolute Gasteiger partial charge is 0.256 e. The maximum absolute atomic E-state index is 13.5. The lowest BCUT2D eigenvalue weighted by molar-refractivity contribution is 0.0927. The molecule has 17 heavy (non-hydrogen) atoms. The Morgan fingerprint density at radius 1 is 1.53 bits per heavy atom. The first kappa shape index (κ1) is 14.1. The standard InChI is InChI=1S/C11H12BrFN2OS/c1-11(2,10(14)17)15-9(16)8-6(12)4-3-5-7(8)13/h3-5H,1-2H3,(H2,14,17)(H,15,16). The van der Waals surface area contributed by atoms with Crippen LogP contribution in [0.4, 0.5) is 4.39 Å². The molecular weight excluding hydrogens is 307 g/mol. The predicted octanol–water partition coefficient (Wildman–Crippen LogP) is 2.38. The molecule has 3 N–H and O–H groups in total. The molecular formula is C11H12BrFN2OS. The fraction of sp³-hybridized carbons (Fsp3) is 0.273. The van der Waals surface area contributed by atoms with E-state index in [0.717, 1.165) is 0 Å². The van der Waals surface area contributed by atoms with Gasteiger partial charge in [0.25, 0.3) is 5.91 Å². The molecule has 0 saturated heterocycles. The van der Waals surface area contributed by atoms with Gasteiger partial charge in [-0.2, -0.15) is 0 Å². The highest BCUT2D eigenvalue weighted by atomic mass is 79.9. The Hall–Kier alpha value is -1.01. The number of hydrogen-bond acceptors (Lipinski definition) is 2. The van der Waals surface area contributed by atoms with Gasteiger partial charge < -0.3 is 11.1 Å². The Bertz CT molecular complexity index is 456. The van der Waals surface area contributed by atoms with Crippen LogP contribution in [0.3, 0.4) is 0 Å². The Morgan fingerprint density at radius 3 is 2.59 bits per heavy atom. The molecule has 1 aromatic carbocycles. The van der Waals surface area contributed by atoms with Crippen LogP contribution in [0.1, 0.15) is 24.2 Å². The zero-order chi connectivity index (χ0) is 13.2. The average Bonchev–Trinajstić information content (AvgIpc) is 2.15. The normalized spacial score (nSPS) is 11.1. The second-order valence-electron chi connectivity index (χ2n) is 4.04. The number of amides is 1. The molecule has 1 rings (SSSR count). The lowest BCUT2D eigenvalue weighted by atomic mass is 10.0. The van der Waals surface area contributed by atoms with Crippen molar-refractivity contribution in [1.29, 1.82) is 0 Å². The van der Waals surface area contributed by atoms with E-state index in [4.69, 9.17) is 18.0 Å². The summed E-state index contributed by atoms with van der Waals surface area (Å²) < 4.78 is 13.9. The van der Waals surface area contributed by atoms with Crippen LogP contribution >= 0.6 is 28.1 Å². The highest BCUT2D eigenvalue weighted by molar-refractivity contribution is 9.10. The van der Waals surface area contributed by atoms with Crippen molar-refractivity contribution in [2.75, 3.05) is 0 Å². The minimum atomic E-state index is -0.867. The monoisotopic (exact) mass is 318 g/mol. The topological polar surface area (TPSA) is 55.1 Å². The summed E-state index contributed by atoms with van der Waals surface area (Å²) in [6.45, 7) is 3.31. The minimum absolute atomic E-state index is 0.0585. The van der Waals surface area contributed by atoms with E-state index in [2.05, 4.69) is 21.2 Å². The second-order valence-corrected chi connectivity index (χ2v) is 5.33. The van der Waals surface area contributed by atoms with Crippen molar-refractivity contribution in [1.82, 2.24) is 5.32 Å². The van der Waals surface area contributed by atoms with Gasteiger partial charge in [-0.25, -0.2) is 4.39 Å². The van der Waals surface area contributed by atoms with Crippen LogP contribution in [0.5, 0.6) is 0 Å². The number of carbonyl (C=O) groups is 1. The summed E-state index contributed by atoms with van der Waals surface area (Å²) in [4.78, 5) is 12.0. The van der Waals surface area contributed by atoms with E-state index in [0.29, 0.717) is 4.47 Å². The van der Waals surface area contributed by atoms with Crippen LogP contribution in [-0.4, -0.2) is 16.4 Å².